The lowest BCUT2D eigenvalue weighted by Crippen LogP contribution is -2.31. The molecule has 2 N–H and O–H groups in total. The predicted octanol–water partition coefficient (Wildman–Crippen LogP) is 2.96. The smallest absolute Gasteiger partial charge is 0.273 e. The Labute approximate surface area is 142 Å². The van der Waals surface area contributed by atoms with E-state index in [0.717, 1.165) is 25.7 Å². The first-order chi connectivity index (χ1) is 11.7. The number of hydrogen-bond acceptors (Lipinski definition) is 5. The Morgan fingerprint density at radius 3 is 2.79 bits per heavy atom. The monoisotopic (exact) mass is 334 g/mol. The Balaban J connectivity index is 1.74. The summed E-state index contributed by atoms with van der Waals surface area (Å²) in [5.41, 5.74) is 0.667. The number of carbonyl (C=O) groups is 1. The van der Waals surface area contributed by atoms with Crippen molar-refractivity contribution in [3.8, 4) is 11.5 Å². The fourth-order valence-electron chi connectivity index (χ4n) is 3.54. The van der Waals surface area contributed by atoms with Crippen LogP contribution in [0.5, 0.6) is 11.5 Å². The van der Waals surface area contributed by atoms with E-state index < -0.39 is 0 Å². The maximum Gasteiger partial charge on any atom is 0.273 e. The van der Waals surface area contributed by atoms with Gasteiger partial charge in [-0.15, -0.1) is 0 Å². The lowest BCUT2D eigenvalue weighted by atomic mass is 9.89. The highest BCUT2D eigenvalue weighted by Gasteiger charge is 2.25. The van der Waals surface area contributed by atoms with Gasteiger partial charge in [0.15, 0.2) is 17.2 Å². The molecule has 1 aliphatic heterocycles. The Hall–Kier alpha value is -1.82. The standard InChI is InChI=1S/C18H26N2O4/c1-23-15-10-13(14-8-5-9-24-14)20-16(17(15)21)18(22)19-11-12-6-3-2-4-7-12/h10,12,14,21H,2-9,11H2,1H3,(H,19,22). The van der Waals surface area contributed by atoms with Gasteiger partial charge in [-0.05, 0) is 31.6 Å². The van der Waals surface area contributed by atoms with Crippen LogP contribution in [0.1, 0.15) is 67.2 Å². The molecule has 2 heterocycles. The van der Waals surface area contributed by atoms with Gasteiger partial charge in [-0.25, -0.2) is 4.98 Å². The third kappa shape index (κ3) is 3.80. The minimum atomic E-state index is -0.351. The highest BCUT2D eigenvalue weighted by molar-refractivity contribution is 5.95. The minimum absolute atomic E-state index is 0.0238. The molecule has 2 aliphatic rings. The molecule has 1 saturated heterocycles. The van der Waals surface area contributed by atoms with Crippen LogP contribution < -0.4 is 10.1 Å². The van der Waals surface area contributed by atoms with Crippen molar-refractivity contribution < 1.29 is 19.4 Å². The lowest BCUT2D eigenvalue weighted by Gasteiger charge is -2.22. The first kappa shape index (κ1) is 17.0. The van der Waals surface area contributed by atoms with Crippen molar-refractivity contribution >= 4 is 5.91 Å². The van der Waals surface area contributed by atoms with Crippen LogP contribution in [0.15, 0.2) is 6.07 Å². The average Bonchev–Trinajstić information content (AvgIpc) is 3.15. The molecular weight excluding hydrogens is 308 g/mol. The molecule has 2 fully saturated rings. The zero-order chi connectivity index (χ0) is 16.9. The second-order valence-corrected chi connectivity index (χ2v) is 6.66. The normalized spacial score (nSPS) is 21.6. The van der Waals surface area contributed by atoms with Gasteiger partial charge in [0.1, 0.15) is 0 Å². The van der Waals surface area contributed by atoms with E-state index in [2.05, 4.69) is 10.3 Å². The average molecular weight is 334 g/mol. The highest BCUT2D eigenvalue weighted by atomic mass is 16.5. The summed E-state index contributed by atoms with van der Waals surface area (Å²) >= 11 is 0. The summed E-state index contributed by atoms with van der Waals surface area (Å²) in [6.07, 6.45) is 7.75. The van der Waals surface area contributed by atoms with Crippen LogP contribution in [-0.2, 0) is 4.74 Å². The molecule has 0 aromatic carbocycles. The molecule has 132 valence electrons. The van der Waals surface area contributed by atoms with Crippen molar-refractivity contribution in [2.75, 3.05) is 20.3 Å². The van der Waals surface area contributed by atoms with E-state index in [1.807, 2.05) is 0 Å². The lowest BCUT2D eigenvalue weighted by molar-refractivity contribution is 0.0928. The Bertz CT molecular complexity index is 579. The third-order valence-corrected chi connectivity index (χ3v) is 4.95. The van der Waals surface area contributed by atoms with Gasteiger partial charge in [0, 0.05) is 19.2 Å². The van der Waals surface area contributed by atoms with Crippen LogP contribution in [0, 0.1) is 5.92 Å². The van der Waals surface area contributed by atoms with Gasteiger partial charge >= 0.3 is 0 Å². The van der Waals surface area contributed by atoms with Gasteiger partial charge in [0.05, 0.1) is 18.9 Å². The summed E-state index contributed by atoms with van der Waals surface area (Å²) in [5, 5.41) is 13.2. The molecule has 0 bridgehead atoms. The Morgan fingerprint density at radius 1 is 1.33 bits per heavy atom. The van der Waals surface area contributed by atoms with Crippen LogP contribution >= 0.6 is 0 Å². The summed E-state index contributed by atoms with van der Waals surface area (Å²) in [4.78, 5) is 16.9. The highest BCUT2D eigenvalue weighted by Crippen LogP contribution is 2.35. The molecule has 1 unspecified atom stereocenters. The molecule has 1 aromatic rings. The van der Waals surface area contributed by atoms with Gasteiger partial charge in [-0.3, -0.25) is 4.79 Å². The van der Waals surface area contributed by atoms with Crippen molar-refractivity contribution in [2.45, 2.75) is 51.0 Å². The van der Waals surface area contributed by atoms with E-state index in [0.29, 0.717) is 24.8 Å². The van der Waals surface area contributed by atoms with Gasteiger partial charge in [-0.2, -0.15) is 0 Å². The summed E-state index contributed by atoms with van der Waals surface area (Å²) in [6.45, 7) is 1.32. The van der Waals surface area contributed by atoms with Crippen LogP contribution in [0.3, 0.4) is 0 Å². The van der Waals surface area contributed by atoms with Gasteiger partial charge in [0.25, 0.3) is 5.91 Å². The number of hydrogen-bond donors (Lipinski definition) is 2. The van der Waals surface area contributed by atoms with E-state index in [9.17, 15) is 9.90 Å². The first-order valence-electron chi connectivity index (χ1n) is 8.86. The number of rotatable bonds is 5. The quantitative estimate of drug-likeness (QED) is 0.865. The SMILES string of the molecule is COc1cc(C2CCCO2)nc(C(=O)NCC2CCCCC2)c1O. The summed E-state index contributed by atoms with van der Waals surface area (Å²) < 4.78 is 10.8. The van der Waals surface area contributed by atoms with Crippen molar-refractivity contribution in [1.29, 1.82) is 0 Å². The van der Waals surface area contributed by atoms with Gasteiger partial charge in [-0.1, -0.05) is 19.3 Å². The molecule has 0 radical (unpaired) electrons. The van der Waals surface area contributed by atoms with Crippen molar-refractivity contribution in [3.63, 3.8) is 0 Å². The number of nitrogens with zero attached hydrogens (tertiary/aromatic N) is 1. The van der Waals surface area contributed by atoms with Crippen LogP contribution in [-0.4, -0.2) is 36.3 Å². The molecule has 24 heavy (non-hydrogen) atoms. The van der Waals surface area contributed by atoms with Gasteiger partial charge < -0.3 is 19.9 Å². The fourth-order valence-corrected chi connectivity index (χ4v) is 3.54. The molecule has 1 aliphatic carbocycles. The molecule has 1 atom stereocenters. The second-order valence-electron chi connectivity index (χ2n) is 6.66. The zero-order valence-electron chi connectivity index (χ0n) is 14.2. The maximum atomic E-state index is 12.5. The number of aromatic hydroxyl groups is 1. The molecular formula is C18H26N2O4. The maximum absolute atomic E-state index is 12.5. The molecule has 6 nitrogen and oxygen atoms in total. The van der Waals surface area contributed by atoms with Crippen molar-refractivity contribution in [3.05, 3.63) is 17.5 Å². The number of nitrogens with one attached hydrogen (secondary N) is 1. The number of pyridine rings is 1. The summed E-state index contributed by atoms with van der Waals surface area (Å²) in [6, 6.07) is 1.66. The molecule has 0 spiro atoms. The second kappa shape index (κ2) is 7.83. The van der Waals surface area contributed by atoms with Crippen molar-refractivity contribution in [1.82, 2.24) is 10.3 Å². The predicted molar refractivity (Wildman–Crippen MR) is 89.3 cm³/mol. The number of carbonyl (C=O) groups excluding carboxylic acids is 1. The fraction of sp³-hybridized carbons (Fsp3) is 0.667. The Morgan fingerprint density at radius 2 is 2.12 bits per heavy atom. The third-order valence-electron chi connectivity index (χ3n) is 4.95. The number of ether oxygens (including phenoxy) is 2. The van der Waals surface area contributed by atoms with Gasteiger partial charge in [0.2, 0.25) is 0 Å². The number of methoxy groups -OCH3 is 1. The molecule has 3 rings (SSSR count). The topological polar surface area (TPSA) is 80.7 Å². The van der Waals surface area contributed by atoms with Crippen LogP contribution in [0.4, 0.5) is 0 Å². The van der Waals surface area contributed by atoms with Crippen LogP contribution in [0.25, 0.3) is 0 Å². The minimum Gasteiger partial charge on any atom is -0.503 e. The number of amides is 1. The van der Waals surface area contributed by atoms with E-state index in [1.165, 1.54) is 26.4 Å². The summed E-state index contributed by atoms with van der Waals surface area (Å²) in [5.74, 6) is 0.225. The molecule has 1 amide bonds. The van der Waals surface area contributed by atoms with E-state index in [4.69, 9.17) is 9.47 Å². The van der Waals surface area contributed by atoms with E-state index in [-0.39, 0.29) is 29.2 Å². The Kier molecular flexibility index (Phi) is 5.56. The zero-order valence-corrected chi connectivity index (χ0v) is 14.2. The number of aromatic nitrogens is 1. The van der Waals surface area contributed by atoms with Crippen molar-refractivity contribution in [2.24, 2.45) is 5.92 Å². The largest absolute Gasteiger partial charge is 0.503 e. The first-order valence-corrected chi connectivity index (χ1v) is 8.86. The molecule has 6 heteroatoms. The molecule has 1 saturated carbocycles. The molecule has 1 aromatic heterocycles. The van der Waals surface area contributed by atoms with E-state index >= 15 is 0 Å². The summed E-state index contributed by atoms with van der Waals surface area (Å²) in [7, 11) is 1.47. The van der Waals surface area contributed by atoms with Crippen LogP contribution in [0.2, 0.25) is 0 Å². The van der Waals surface area contributed by atoms with E-state index in [1.54, 1.807) is 6.07 Å².